The van der Waals surface area contributed by atoms with E-state index in [-0.39, 0.29) is 23.3 Å². The highest BCUT2D eigenvalue weighted by atomic mass is 79.9. The lowest BCUT2D eigenvalue weighted by molar-refractivity contribution is -0.385. The van der Waals surface area contributed by atoms with Gasteiger partial charge in [-0.1, -0.05) is 25.6 Å². The summed E-state index contributed by atoms with van der Waals surface area (Å²) in [6.07, 6.45) is 0. The Hall–Kier alpha value is -1.46. The molecular weight excluding hydrogens is 478 g/mol. The number of carbonyl (C=O) groups is 1. The smallest absolute Gasteiger partial charge is 0.271 e. The minimum absolute atomic E-state index is 0.0774. The summed E-state index contributed by atoms with van der Waals surface area (Å²) in [7, 11) is 1.86. The number of rotatable bonds is 6. The molecule has 25 heavy (non-hydrogen) atoms. The SMILES string of the molecule is CC(C)c1nnc(SCC(=O)Nc2c(Br)cc([N+](=O)[O-])cc2Br)n1C. The van der Waals surface area contributed by atoms with Crippen LogP contribution in [0.2, 0.25) is 0 Å². The Morgan fingerprint density at radius 2 is 1.96 bits per heavy atom. The standard InChI is InChI=1S/C14H15Br2N5O3S/c1-7(2)13-18-19-14(20(13)3)25-6-11(22)17-12-9(15)4-8(21(23)24)5-10(12)16/h4-5,7H,6H2,1-3H3,(H,17,22). The van der Waals surface area contributed by atoms with Crippen molar-refractivity contribution in [1.29, 1.82) is 0 Å². The van der Waals surface area contributed by atoms with Crippen LogP contribution in [0.1, 0.15) is 25.6 Å². The van der Waals surface area contributed by atoms with Crippen molar-refractivity contribution in [3.8, 4) is 0 Å². The Balaban J connectivity index is 2.05. The first-order chi connectivity index (χ1) is 11.7. The first-order valence-electron chi connectivity index (χ1n) is 7.16. The van der Waals surface area contributed by atoms with Crippen molar-refractivity contribution in [2.24, 2.45) is 7.05 Å². The monoisotopic (exact) mass is 491 g/mol. The van der Waals surface area contributed by atoms with Crippen LogP contribution in [0, 0.1) is 10.1 Å². The third kappa shape index (κ3) is 4.79. The van der Waals surface area contributed by atoms with Crippen molar-refractivity contribution in [1.82, 2.24) is 14.8 Å². The third-order valence-electron chi connectivity index (χ3n) is 3.22. The van der Waals surface area contributed by atoms with E-state index in [2.05, 4.69) is 47.4 Å². The number of amides is 1. The molecule has 2 rings (SSSR count). The lowest BCUT2D eigenvalue weighted by atomic mass is 10.2. The van der Waals surface area contributed by atoms with Gasteiger partial charge >= 0.3 is 0 Å². The Labute approximate surface area is 165 Å². The lowest BCUT2D eigenvalue weighted by Gasteiger charge is -2.10. The normalized spacial score (nSPS) is 11.0. The van der Waals surface area contributed by atoms with Crippen LogP contribution in [-0.4, -0.2) is 31.3 Å². The van der Waals surface area contributed by atoms with Gasteiger partial charge in [-0.3, -0.25) is 14.9 Å². The molecule has 2 aromatic rings. The zero-order chi connectivity index (χ0) is 18.7. The molecule has 0 saturated carbocycles. The molecule has 0 aliphatic carbocycles. The van der Waals surface area contributed by atoms with Gasteiger partial charge in [-0.25, -0.2) is 0 Å². The predicted molar refractivity (Wildman–Crippen MR) is 103 cm³/mol. The number of nitro benzene ring substituents is 1. The fraction of sp³-hybridized carbons (Fsp3) is 0.357. The van der Waals surface area contributed by atoms with E-state index in [1.54, 1.807) is 0 Å². The number of nitro groups is 1. The van der Waals surface area contributed by atoms with Crippen molar-refractivity contribution in [2.45, 2.75) is 24.9 Å². The molecule has 1 N–H and O–H groups in total. The number of aromatic nitrogens is 3. The van der Waals surface area contributed by atoms with Crippen molar-refractivity contribution in [2.75, 3.05) is 11.1 Å². The van der Waals surface area contributed by atoms with E-state index in [4.69, 9.17) is 0 Å². The van der Waals surface area contributed by atoms with E-state index in [9.17, 15) is 14.9 Å². The van der Waals surface area contributed by atoms with Crippen LogP contribution in [-0.2, 0) is 11.8 Å². The first-order valence-corrected chi connectivity index (χ1v) is 9.73. The molecule has 0 aliphatic heterocycles. The minimum atomic E-state index is -0.503. The number of thioether (sulfide) groups is 1. The van der Waals surface area contributed by atoms with Crippen LogP contribution < -0.4 is 5.32 Å². The van der Waals surface area contributed by atoms with Crippen LogP contribution in [0.15, 0.2) is 26.2 Å². The average molecular weight is 493 g/mol. The molecule has 134 valence electrons. The maximum Gasteiger partial charge on any atom is 0.271 e. The Bertz CT molecular complexity index is 802. The summed E-state index contributed by atoms with van der Waals surface area (Å²) in [4.78, 5) is 22.5. The molecule has 0 saturated heterocycles. The quantitative estimate of drug-likeness (QED) is 0.370. The summed E-state index contributed by atoms with van der Waals surface area (Å²) >= 11 is 7.75. The largest absolute Gasteiger partial charge is 0.323 e. The zero-order valence-electron chi connectivity index (χ0n) is 13.6. The summed E-state index contributed by atoms with van der Waals surface area (Å²) in [6.45, 7) is 4.05. The molecule has 0 unspecified atom stereocenters. The number of hydrogen-bond acceptors (Lipinski definition) is 6. The van der Waals surface area contributed by atoms with Gasteiger partial charge in [0.25, 0.3) is 5.69 Å². The van der Waals surface area contributed by atoms with Gasteiger partial charge < -0.3 is 9.88 Å². The van der Waals surface area contributed by atoms with Gasteiger partial charge in [0.1, 0.15) is 5.82 Å². The maximum absolute atomic E-state index is 12.2. The number of non-ortho nitro benzene ring substituents is 1. The van der Waals surface area contributed by atoms with Gasteiger partial charge in [-0.15, -0.1) is 10.2 Å². The summed E-state index contributed by atoms with van der Waals surface area (Å²) in [6, 6.07) is 2.68. The van der Waals surface area contributed by atoms with E-state index in [0.717, 1.165) is 5.82 Å². The average Bonchev–Trinajstić information content (AvgIpc) is 2.89. The number of carbonyl (C=O) groups excluding carboxylic acids is 1. The van der Waals surface area contributed by atoms with Crippen LogP contribution in [0.4, 0.5) is 11.4 Å². The van der Waals surface area contributed by atoms with Crippen molar-refractivity contribution in [3.05, 3.63) is 37.0 Å². The van der Waals surface area contributed by atoms with E-state index < -0.39 is 4.92 Å². The number of nitrogens with one attached hydrogen (secondary N) is 1. The number of halogens is 2. The summed E-state index contributed by atoms with van der Waals surface area (Å²) in [5.74, 6) is 0.978. The third-order valence-corrected chi connectivity index (χ3v) is 5.49. The fourth-order valence-electron chi connectivity index (χ4n) is 2.04. The maximum atomic E-state index is 12.2. The summed E-state index contributed by atoms with van der Waals surface area (Å²) < 4.78 is 2.71. The lowest BCUT2D eigenvalue weighted by Crippen LogP contribution is -2.15. The van der Waals surface area contributed by atoms with E-state index in [0.29, 0.717) is 19.8 Å². The fourth-order valence-corrected chi connectivity index (χ4v) is 4.12. The molecule has 0 bridgehead atoms. The van der Waals surface area contributed by atoms with Crippen LogP contribution >= 0.6 is 43.6 Å². The highest BCUT2D eigenvalue weighted by Crippen LogP contribution is 2.35. The molecule has 0 spiro atoms. The molecular formula is C14H15Br2N5O3S. The molecule has 1 heterocycles. The molecule has 8 nitrogen and oxygen atoms in total. The van der Waals surface area contributed by atoms with Gasteiger partial charge in [-0.2, -0.15) is 0 Å². The summed E-state index contributed by atoms with van der Waals surface area (Å²) in [5, 5.41) is 22.4. The second-order valence-corrected chi connectivity index (χ2v) is 8.08. The Morgan fingerprint density at radius 3 is 2.44 bits per heavy atom. The van der Waals surface area contributed by atoms with E-state index >= 15 is 0 Å². The molecule has 0 fully saturated rings. The molecule has 11 heteroatoms. The molecule has 0 atom stereocenters. The van der Waals surface area contributed by atoms with Crippen LogP contribution in [0.3, 0.4) is 0 Å². The van der Waals surface area contributed by atoms with E-state index in [1.807, 2.05) is 25.5 Å². The van der Waals surface area contributed by atoms with Gasteiger partial charge in [0.2, 0.25) is 5.91 Å². The number of hydrogen-bond donors (Lipinski definition) is 1. The highest BCUT2D eigenvalue weighted by molar-refractivity contribution is 9.11. The molecule has 1 aromatic heterocycles. The highest BCUT2D eigenvalue weighted by Gasteiger charge is 2.17. The van der Waals surface area contributed by atoms with Gasteiger partial charge in [0.05, 0.1) is 16.4 Å². The van der Waals surface area contributed by atoms with Crippen molar-refractivity contribution < 1.29 is 9.72 Å². The predicted octanol–water partition coefficient (Wildman–Crippen LogP) is 4.10. The van der Waals surface area contributed by atoms with Crippen molar-refractivity contribution >= 4 is 60.9 Å². The van der Waals surface area contributed by atoms with Gasteiger partial charge in [-0.05, 0) is 31.9 Å². The number of nitrogens with zero attached hydrogens (tertiary/aromatic N) is 4. The molecule has 0 radical (unpaired) electrons. The molecule has 0 aliphatic rings. The number of anilines is 1. The molecule has 1 amide bonds. The Morgan fingerprint density at radius 1 is 1.36 bits per heavy atom. The van der Waals surface area contributed by atoms with Crippen LogP contribution in [0.25, 0.3) is 0 Å². The van der Waals surface area contributed by atoms with Gasteiger partial charge in [0.15, 0.2) is 5.16 Å². The van der Waals surface area contributed by atoms with Crippen molar-refractivity contribution in [3.63, 3.8) is 0 Å². The van der Waals surface area contributed by atoms with Crippen LogP contribution in [0.5, 0.6) is 0 Å². The van der Waals surface area contributed by atoms with E-state index in [1.165, 1.54) is 23.9 Å². The first kappa shape index (κ1) is 19.9. The topological polar surface area (TPSA) is 103 Å². The zero-order valence-corrected chi connectivity index (χ0v) is 17.6. The second kappa shape index (κ2) is 8.28. The Kier molecular flexibility index (Phi) is 6.58. The summed E-state index contributed by atoms with van der Waals surface area (Å²) in [5.41, 5.74) is 0.364. The minimum Gasteiger partial charge on any atom is -0.323 e. The number of benzene rings is 1. The van der Waals surface area contributed by atoms with Gasteiger partial charge in [0, 0.05) is 34.0 Å². The second-order valence-electron chi connectivity index (χ2n) is 5.43. The molecule has 1 aromatic carbocycles.